The number of rotatable bonds is 17. The number of aliphatic imine (C=N–C) groups is 1. The van der Waals surface area contributed by atoms with Gasteiger partial charge in [-0.25, -0.2) is 0 Å². The second kappa shape index (κ2) is 16.5. The first kappa shape index (κ1) is 35.0. The summed E-state index contributed by atoms with van der Waals surface area (Å²) in [5, 5.41) is 13.3. The number of aryl methyl sites for hydroxylation is 1. The van der Waals surface area contributed by atoms with Crippen molar-refractivity contribution in [3.63, 3.8) is 0 Å². The van der Waals surface area contributed by atoms with Gasteiger partial charge in [-0.3, -0.25) is 29.1 Å². The number of carbonyl (C=O) groups is 4. The Labute approximate surface area is 263 Å². The van der Waals surface area contributed by atoms with Gasteiger partial charge in [-0.2, -0.15) is 0 Å². The Bertz CT molecular complexity index is 1380. The predicted molar refractivity (Wildman–Crippen MR) is 173 cm³/mol. The van der Waals surface area contributed by atoms with Crippen molar-refractivity contribution in [1.82, 2.24) is 5.32 Å². The van der Waals surface area contributed by atoms with Gasteiger partial charge in [-0.1, -0.05) is 30.3 Å². The van der Waals surface area contributed by atoms with Crippen LogP contribution in [0.3, 0.4) is 0 Å². The number of unbranched alkanes of at least 4 members (excludes halogenated alkanes) is 1. The van der Waals surface area contributed by atoms with E-state index in [1.807, 2.05) is 30.3 Å². The smallest absolute Gasteiger partial charge is 0.243 e. The summed E-state index contributed by atoms with van der Waals surface area (Å²) >= 11 is 0. The molecule has 0 saturated carbocycles. The Morgan fingerprint density at radius 3 is 2.42 bits per heavy atom. The molecule has 2 aromatic carbocycles. The van der Waals surface area contributed by atoms with Crippen LogP contribution in [0.25, 0.3) is 0 Å². The van der Waals surface area contributed by atoms with Crippen molar-refractivity contribution in [2.24, 2.45) is 39.6 Å². The van der Waals surface area contributed by atoms with Gasteiger partial charge < -0.3 is 39.1 Å². The van der Waals surface area contributed by atoms with Crippen LogP contribution in [-0.2, 0) is 32.0 Å². The molecule has 0 aromatic heterocycles. The fourth-order valence-electron chi connectivity index (χ4n) is 5.66. The molecule has 0 bridgehead atoms. The van der Waals surface area contributed by atoms with Crippen LogP contribution in [0.15, 0.2) is 47.5 Å². The number of hydrogen-bond acceptors (Lipinski definition) is 8. The number of nitrogens with zero attached hydrogens (tertiary/aromatic N) is 2. The minimum atomic E-state index is -1.06. The molecular weight excluding hydrogens is 576 g/mol. The largest absolute Gasteiger partial charge is 0.508 e. The van der Waals surface area contributed by atoms with Crippen molar-refractivity contribution in [2.45, 2.75) is 76.4 Å². The summed E-state index contributed by atoms with van der Waals surface area (Å²) in [6.45, 7) is 2.51. The number of guanidine groups is 1. The molecule has 0 unspecified atom stereocenters. The molecule has 0 radical (unpaired) electrons. The topological polar surface area (TPSA) is 246 Å². The molecule has 0 aliphatic carbocycles. The molecule has 0 spiro atoms. The van der Waals surface area contributed by atoms with Crippen LogP contribution in [0.4, 0.5) is 5.69 Å². The Balaban J connectivity index is 1.93. The maximum atomic E-state index is 14.2. The van der Waals surface area contributed by atoms with Crippen LogP contribution in [0.1, 0.15) is 55.2 Å². The molecule has 12 N–H and O–H groups in total. The zero-order chi connectivity index (χ0) is 33.1. The fraction of sp³-hybridized carbons (Fsp3) is 0.469. The van der Waals surface area contributed by atoms with Gasteiger partial charge in [0.25, 0.3) is 0 Å². The maximum Gasteiger partial charge on any atom is 0.243 e. The SMILES string of the molecule is Cc1cc(O)cc2c1C[C@H](CC(=O)[C@H](N)CCCN=C(N)N)C(=O)N2[C@@H](CCCCN)C(=O)N[C@@H](Cc1ccccc1)C(N)=O. The zero-order valence-electron chi connectivity index (χ0n) is 25.8. The quantitative estimate of drug-likeness (QED) is 0.0725. The van der Waals surface area contributed by atoms with Crippen molar-refractivity contribution in [1.29, 1.82) is 0 Å². The summed E-state index contributed by atoms with van der Waals surface area (Å²) < 4.78 is 0. The van der Waals surface area contributed by atoms with Crippen LogP contribution in [0.2, 0.25) is 0 Å². The lowest BCUT2D eigenvalue weighted by Gasteiger charge is -2.40. The van der Waals surface area contributed by atoms with Gasteiger partial charge in [0.1, 0.15) is 23.6 Å². The van der Waals surface area contributed by atoms with Crippen molar-refractivity contribution in [3.8, 4) is 5.75 Å². The van der Waals surface area contributed by atoms with E-state index < -0.39 is 41.8 Å². The third-order valence-corrected chi connectivity index (χ3v) is 8.05. The molecule has 1 aliphatic rings. The van der Waals surface area contributed by atoms with Gasteiger partial charge in [0.15, 0.2) is 5.96 Å². The Morgan fingerprint density at radius 2 is 1.78 bits per heavy atom. The van der Waals surface area contributed by atoms with E-state index in [9.17, 15) is 24.3 Å². The summed E-state index contributed by atoms with van der Waals surface area (Å²) in [5.74, 6) is -2.94. The van der Waals surface area contributed by atoms with Crippen molar-refractivity contribution in [2.75, 3.05) is 18.0 Å². The first-order valence-corrected chi connectivity index (χ1v) is 15.3. The lowest BCUT2D eigenvalue weighted by Crippen LogP contribution is -2.57. The van der Waals surface area contributed by atoms with Gasteiger partial charge in [-0.05, 0) is 74.8 Å². The maximum absolute atomic E-state index is 14.2. The molecule has 13 nitrogen and oxygen atoms in total. The molecule has 1 heterocycles. The van der Waals surface area contributed by atoms with Gasteiger partial charge in [0.2, 0.25) is 17.7 Å². The molecule has 0 saturated heterocycles. The molecule has 3 rings (SSSR count). The summed E-state index contributed by atoms with van der Waals surface area (Å²) in [6.07, 6.45) is 2.43. The van der Waals surface area contributed by atoms with Crippen LogP contribution >= 0.6 is 0 Å². The number of fused-ring (bicyclic) bond motifs is 1. The van der Waals surface area contributed by atoms with Crippen LogP contribution in [0.5, 0.6) is 5.75 Å². The Morgan fingerprint density at radius 1 is 1.07 bits per heavy atom. The number of aromatic hydroxyl groups is 1. The standard InChI is InChI=1S/C32H46N8O5/c1-19-14-22(41)18-27-23(19)16-21(17-28(42)24(34)10-7-13-38-32(36)37)31(45)40(27)26(11-5-6-12-33)30(44)39-25(29(35)43)15-20-8-3-2-4-9-20/h2-4,8-9,14,18,21,24-26,41H,5-7,10-13,15-17,33-34H2,1H3,(H2,35,43)(H,39,44)(H4,36,37,38)/t21-,24-,25+,26+/m1/s1. The third-order valence-electron chi connectivity index (χ3n) is 8.05. The third kappa shape index (κ3) is 9.75. The molecule has 1 aliphatic heterocycles. The number of carbonyl (C=O) groups excluding carboxylic acids is 4. The summed E-state index contributed by atoms with van der Waals surface area (Å²) in [5.41, 5.74) is 30.9. The number of ketones is 1. The number of Topliss-reactive ketones (excluding diaryl/α,β-unsaturated/α-hetero) is 1. The lowest BCUT2D eigenvalue weighted by atomic mass is 9.83. The molecular formula is C32H46N8O5. The van der Waals surface area contributed by atoms with E-state index in [0.29, 0.717) is 50.0 Å². The van der Waals surface area contributed by atoms with Crippen molar-refractivity contribution in [3.05, 3.63) is 59.2 Å². The molecule has 244 valence electrons. The van der Waals surface area contributed by atoms with E-state index in [1.54, 1.807) is 13.0 Å². The molecule has 13 heteroatoms. The average Bonchev–Trinajstić information content (AvgIpc) is 2.98. The van der Waals surface area contributed by atoms with E-state index in [-0.39, 0.29) is 43.2 Å². The minimum Gasteiger partial charge on any atom is -0.508 e. The van der Waals surface area contributed by atoms with Crippen LogP contribution < -0.4 is 38.9 Å². The lowest BCUT2D eigenvalue weighted by molar-refractivity contribution is -0.132. The van der Waals surface area contributed by atoms with Gasteiger partial charge >= 0.3 is 0 Å². The number of nitrogens with one attached hydrogen (secondary N) is 1. The number of benzene rings is 2. The summed E-state index contributed by atoms with van der Waals surface area (Å²) in [4.78, 5) is 59.1. The Kier molecular flexibility index (Phi) is 12.9. The molecule has 45 heavy (non-hydrogen) atoms. The predicted octanol–water partition coefficient (Wildman–Crippen LogP) is 0.256. The highest BCUT2D eigenvalue weighted by Crippen LogP contribution is 2.39. The second-order valence-electron chi connectivity index (χ2n) is 11.5. The van der Waals surface area contributed by atoms with E-state index in [2.05, 4.69) is 10.3 Å². The average molecular weight is 623 g/mol. The second-order valence-corrected chi connectivity index (χ2v) is 11.5. The van der Waals surface area contributed by atoms with Gasteiger partial charge in [-0.15, -0.1) is 0 Å². The molecule has 0 fully saturated rings. The number of amides is 3. The van der Waals surface area contributed by atoms with Crippen LogP contribution in [0, 0.1) is 12.8 Å². The van der Waals surface area contributed by atoms with E-state index in [4.69, 9.17) is 28.7 Å². The van der Waals surface area contributed by atoms with Gasteiger partial charge in [0, 0.05) is 31.4 Å². The van der Waals surface area contributed by atoms with E-state index in [1.165, 1.54) is 11.0 Å². The van der Waals surface area contributed by atoms with E-state index >= 15 is 0 Å². The number of phenolic OH excluding ortho intramolecular Hbond substituents is 1. The van der Waals surface area contributed by atoms with Crippen molar-refractivity contribution >= 4 is 35.2 Å². The summed E-state index contributed by atoms with van der Waals surface area (Å²) in [6, 6.07) is 9.24. The zero-order valence-corrected chi connectivity index (χ0v) is 25.8. The van der Waals surface area contributed by atoms with Gasteiger partial charge in [0.05, 0.1) is 11.7 Å². The molecule has 2 aromatic rings. The Hall–Kier alpha value is -4.49. The van der Waals surface area contributed by atoms with Crippen molar-refractivity contribution < 1.29 is 24.3 Å². The van der Waals surface area contributed by atoms with Crippen LogP contribution in [-0.4, -0.2) is 65.8 Å². The minimum absolute atomic E-state index is 0.0462. The number of hydrogen-bond donors (Lipinski definition) is 7. The van der Waals surface area contributed by atoms with E-state index in [0.717, 1.165) is 11.1 Å². The highest BCUT2D eigenvalue weighted by Gasteiger charge is 2.42. The number of phenols is 1. The number of anilines is 1. The highest BCUT2D eigenvalue weighted by molar-refractivity contribution is 6.06. The molecule has 4 atom stereocenters. The normalized spacial score (nSPS) is 16.3. The number of primary amides is 1. The highest BCUT2D eigenvalue weighted by atomic mass is 16.3. The monoisotopic (exact) mass is 622 g/mol. The fourth-order valence-corrected chi connectivity index (χ4v) is 5.66. The summed E-state index contributed by atoms with van der Waals surface area (Å²) in [7, 11) is 0. The molecule has 3 amide bonds. The number of nitrogens with two attached hydrogens (primary N) is 5. The first-order chi connectivity index (χ1) is 21.4. The first-order valence-electron chi connectivity index (χ1n) is 15.3.